The average Bonchev–Trinajstić information content (AvgIpc) is 2.97. The summed E-state index contributed by atoms with van der Waals surface area (Å²) in [6, 6.07) is 8.10. The van der Waals surface area contributed by atoms with Gasteiger partial charge in [0.05, 0.1) is 12.1 Å². The molecule has 1 amide bonds. The second-order valence-electron chi connectivity index (χ2n) is 6.22. The van der Waals surface area contributed by atoms with Crippen LogP contribution in [0.5, 0.6) is 5.75 Å². The number of ether oxygens (including phenoxy) is 1. The van der Waals surface area contributed by atoms with Gasteiger partial charge in [-0.15, -0.1) is 12.4 Å². The number of nitrogens with one attached hydrogen (secondary N) is 1. The topological polar surface area (TPSA) is 64.3 Å². The zero-order valence-corrected chi connectivity index (χ0v) is 14.8. The molecule has 1 fully saturated rings. The zero-order chi connectivity index (χ0) is 15.8. The van der Waals surface area contributed by atoms with E-state index in [9.17, 15) is 4.79 Å². The normalized spacial score (nSPS) is 15.7. The van der Waals surface area contributed by atoms with Crippen molar-refractivity contribution in [3.63, 3.8) is 0 Å². The van der Waals surface area contributed by atoms with E-state index in [1.807, 2.05) is 12.1 Å². The Balaban J connectivity index is 0.00000264. The van der Waals surface area contributed by atoms with E-state index in [0.717, 1.165) is 57.3 Å². The van der Waals surface area contributed by atoms with E-state index in [2.05, 4.69) is 24.4 Å². The van der Waals surface area contributed by atoms with E-state index >= 15 is 0 Å². The SMILES string of the molecule is CCCCOc1ccc(CCNC(=O)C2(N)CCCC2)cc1.Cl. The fourth-order valence-corrected chi connectivity index (χ4v) is 2.82. The van der Waals surface area contributed by atoms with Gasteiger partial charge in [0.1, 0.15) is 5.75 Å². The lowest BCUT2D eigenvalue weighted by Gasteiger charge is -2.22. The summed E-state index contributed by atoms with van der Waals surface area (Å²) in [6.07, 6.45) is 6.77. The first-order chi connectivity index (χ1) is 10.6. The lowest BCUT2D eigenvalue weighted by Crippen LogP contribution is -2.52. The number of halogens is 1. The Kier molecular flexibility index (Phi) is 8.42. The third-order valence-electron chi connectivity index (χ3n) is 4.34. The Bertz CT molecular complexity index is 470. The maximum atomic E-state index is 12.1. The third kappa shape index (κ3) is 6.04. The molecule has 1 aromatic rings. The molecule has 0 aliphatic heterocycles. The van der Waals surface area contributed by atoms with Gasteiger partial charge in [0.2, 0.25) is 5.91 Å². The van der Waals surface area contributed by atoms with Crippen LogP contribution in [0.25, 0.3) is 0 Å². The van der Waals surface area contributed by atoms with E-state index in [4.69, 9.17) is 10.5 Å². The summed E-state index contributed by atoms with van der Waals surface area (Å²) >= 11 is 0. The van der Waals surface area contributed by atoms with Crippen LogP contribution < -0.4 is 15.8 Å². The predicted molar refractivity (Wildman–Crippen MR) is 96.2 cm³/mol. The minimum absolute atomic E-state index is 0. The standard InChI is InChI=1S/C18H28N2O2.ClH/c1-2-3-14-22-16-8-6-15(7-9-16)10-13-20-17(21)18(19)11-4-5-12-18;/h6-9H,2-5,10-14,19H2,1H3,(H,20,21);1H. The van der Waals surface area contributed by atoms with Crippen LogP contribution in [0, 0.1) is 0 Å². The monoisotopic (exact) mass is 340 g/mol. The van der Waals surface area contributed by atoms with Gasteiger partial charge in [-0.25, -0.2) is 0 Å². The lowest BCUT2D eigenvalue weighted by molar-refractivity contribution is -0.126. The van der Waals surface area contributed by atoms with Crippen molar-refractivity contribution in [2.75, 3.05) is 13.2 Å². The van der Waals surface area contributed by atoms with Gasteiger partial charge < -0.3 is 15.8 Å². The van der Waals surface area contributed by atoms with Gasteiger partial charge >= 0.3 is 0 Å². The summed E-state index contributed by atoms with van der Waals surface area (Å²) in [5, 5.41) is 2.97. The van der Waals surface area contributed by atoms with E-state index in [1.165, 1.54) is 5.56 Å². The second kappa shape index (κ2) is 9.78. The highest BCUT2D eigenvalue weighted by Crippen LogP contribution is 2.27. The molecule has 0 radical (unpaired) electrons. The fourth-order valence-electron chi connectivity index (χ4n) is 2.82. The molecule has 0 atom stereocenters. The molecule has 1 saturated carbocycles. The largest absolute Gasteiger partial charge is 0.494 e. The van der Waals surface area contributed by atoms with Gasteiger partial charge in [0.15, 0.2) is 0 Å². The Labute approximate surface area is 145 Å². The van der Waals surface area contributed by atoms with Crippen molar-refractivity contribution in [3.05, 3.63) is 29.8 Å². The van der Waals surface area contributed by atoms with Gasteiger partial charge in [0, 0.05) is 6.54 Å². The smallest absolute Gasteiger partial charge is 0.240 e. The molecular formula is C18H29ClN2O2. The van der Waals surface area contributed by atoms with Crippen molar-refractivity contribution in [1.82, 2.24) is 5.32 Å². The van der Waals surface area contributed by atoms with Crippen molar-refractivity contribution in [1.29, 1.82) is 0 Å². The zero-order valence-electron chi connectivity index (χ0n) is 14.0. The van der Waals surface area contributed by atoms with Gasteiger partial charge in [-0.1, -0.05) is 38.3 Å². The summed E-state index contributed by atoms with van der Waals surface area (Å²) in [6.45, 7) is 3.55. The fraction of sp³-hybridized carbons (Fsp3) is 0.611. The van der Waals surface area contributed by atoms with Crippen LogP contribution in [0.4, 0.5) is 0 Å². The highest BCUT2D eigenvalue weighted by molar-refractivity contribution is 5.86. The number of amides is 1. The molecule has 0 spiro atoms. The van der Waals surface area contributed by atoms with Crippen LogP contribution >= 0.6 is 12.4 Å². The van der Waals surface area contributed by atoms with Gasteiger partial charge in [0.25, 0.3) is 0 Å². The number of hydrogen-bond donors (Lipinski definition) is 2. The van der Waals surface area contributed by atoms with Crippen LogP contribution in [0.1, 0.15) is 51.0 Å². The molecule has 0 bridgehead atoms. The number of unbranched alkanes of at least 4 members (excludes halogenated alkanes) is 1. The molecule has 23 heavy (non-hydrogen) atoms. The highest BCUT2D eigenvalue weighted by atomic mass is 35.5. The van der Waals surface area contributed by atoms with Crippen LogP contribution in [-0.2, 0) is 11.2 Å². The Hall–Kier alpha value is -1.26. The molecule has 4 nitrogen and oxygen atoms in total. The van der Waals surface area contributed by atoms with Gasteiger partial charge in [-0.05, 0) is 43.4 Å². The minimum atomic E-state index is -0.628. The van der Waals surface area contributed by atoms with E-state index < -0.39 is 5.54 Å². The van der Waals surface area contributed by atoms with Gasteiger partial charge in [-0.2, -0.15) is 0 Å². The summed E-state index contributed by atoms with van der Waals surface area (Å²) in [5.74, 6) is 0.914. The van der Waals surface area contributed by atoms with Crippen LogP contribution in [0.2, 0.25) is 0 Å². The predicted octanol–water partition coefficient (Wildman–Crippen LogP) is 3.22. The Morgan fingerprint density at radius 2 is 1.91 bits per heavy atom. The van der Waals surface area contributed by atoms with Crippen molar-refractivity contribution in [2.24, 2.45) is 5.73 Å². The first-order valence-electron chi connectivity index (χ1n) is 8.43. The molecule has 0 unspecified atom stereocenters. The quantitative estimate of drug-likeness (QED) is 0.714. The second-order valence-corrected chi connectivity index (χ2v) is 6.22. The summed E-state index contributed by atoms with van der Waals surface area (Å²) in [7, 11) is 0. The van der Waals surface area contributed by atoms with Crippen LogP contribution in [0.3, 0.4) is 0 Å². The minimum Gasteiger partial charge on any atom is -0.494 e. The first kappa shape index (κ1) is 19.8. The highest BCUT2D eigenvalue weighted by Gasteiger charge is 2.36. The molecule has 0 saturated heterocycles. The van der Waals surface area contributed by atoms with Crippen molar-refractivity contribution in [2.45, 2.75) is 57.4 Å². The lowest BCUT2D eigenvalue weighted by atomic mass is 9.98. The molecule has 1 aromatic carbocycles. The Morgan fingerprint density at radius 1 is 1.26 bits per heavy atom. The number of benzene rings is 1. The molecule has 130 valence electrons. The van der Waals surface area contributed by atoms with Crippen LogP contribution in [-0.4, -0.2) is 24.6 Å². The molecule has 2 rings (SSSR count). The summed E-state index contributed by atoms with van der Waals surface area (Å²) < 4.78 is 5.64. The molecule has 1 aliphatic carbocycles. The summed E-state index contributed by atoms with van der Waals surface area (Å²) in [5.41, 5.74) is 6.70. The molecule has 3 N–H and O–H groups in total. The average molecular weight is 341 g/mol. The molecule has 1 aliphatic rings. The number of hydrogen-bond acceptors (Lipinski definition) is 3. The van der Waals surface area contributed by atoms with Crippen molar-refractivity contribution in [3.8, 4) is 5.75 Å². The Morgan fingerprint density at radius 3 is 2.52 bits per heavy atom. The van der Waals surface area contributed by atoms with E-state index in [1.54, 1.807) is 0 Å². The molecule has 5 heteroatoms. The van der Waals surface area contributed by atoms with Crippen LogP contribution in [0.15, 0.2) is 24.3 Å². The first-order valence-corrected chi connectivity index (χ1v) is 8.43. The maximum Gasteiger partial charge on any atom is 0.240 e. The molecule has 0 heterocycles. The number of carbonyl (C=O) groups is 1. The van der Waals surface area contributed by atoms with E-state index in [0.29, 0.717) is 6.54 Å². The third-order valence-corrected chi connectivity index (χ3v) is 4.34. The van der Waals surface area contributed by atoms with E-state index in [-0.39, 0.29) is 18.3 Å². The molecule has 0 aromatic heterocycles. The number of nitrogens with two attached hydrogens (primary N) is 1. The van der Waals surface area contributed by atoms with Gasteiger partial charge in [-0.3, -0.25) is 4.79 Å². The van der Waals surface area contributed by atoms with Crippen molar-refractivity contribution >= 4 is 18.3 Å². The summed E-state index contributed by atoms with van der Waals surface area (Å²) in [4.78, 5) is 12.1. The number of carbonyl (C=O) groups excluding carboxylic acids is 1. The number of rotatable bonds is 8. The maximum absolute atomic E-state index is 12.1. The molecular weight excluding hydrogens is 312 g/mol. The van der Waals surface area contributed by atoms with Crippen molar-refractivity contribution < 1.29 is 9.53 Å².